The van der Waals surface area contributed by atoms with Crippen molar-refractivity contribution >= 4 is 12.2 Å². The second kappa shape index (κ2) is 11.5. The molecule has 2 heterocycles. The van der Waals surface area contributed by atoms with Crippen LogP contribution in [0.4, 0.5) is 9.59 Å². The number of aromatic nitrogens is 1. The number of hydrogen-bond acceptors (Lipinski definition) is 5. The fraction of sp³-hybridized carbons (Fsp3) is 0.387. The summed E-state index contributed by atoms with van der Waals surface area (Å²) in [6.07, 6.45) is 3.16. The minimum absolute atomic E-state index is 0.119. The molecule has 1 aromatic heterocycles. The highest BCUT2D eigenvalue weighted by molar-refractivity contribution is 5.70. The average Bonchev–Trinajstić information content (AvgIpc) is 3.74. The van der Waals surface area contributed by atoms with Crippen molar-refractivity contribution in [2.24, 2.45) is 0 Å². The first-order valence-electron chi connectivity index (χ1n) is 13.2. The van der Waals surface area contributed by atoms with Crippen molar-refractivity contribution in [2.75, 3.05) is 6.54 Å². The molecule has 1 aliphatic heterocycles. The van der Waals surface area contributed by atoms with Crippen LogP contribution in [0.15, 0.2) is 72.9 Å². The van der Waals surface area contributed by atoms with E-state index in [-0.39, 0.29) is 12.1 Å². The summed E-state index contributed by atoms with van der Waals surface area (Å²) in [6.45, 7) is 6.12. The normalized spacial score (nSPS) is 19.9. The molecule has 0 spiro atoms. The standard InChI is InChI=1S/C30H34N2O3.CH2O3/c1-21(22-9-11-23(12-10-22)25-15-17-31-27(19-25)24-13-14-24)32-18-16-30(35-28(32)33,20-29(2,3)34)26-7-5-4-6-8-26;2-1(3)4/h4-12,15,17,19,21,24,34H,13-14,16,18,20H2,1-3H3;(H2,2,3,4)/t21-,30-;/m0./s1. The third-order valence-electron chi connectivity index (χ3n) is 7.26. The molecule has 0 bridgehead atoms. The molecule has 1 saturated heterocycles. The van der Waals surface area contributed by atoms with E-state index in [0.717, 1.165) is 16.7 Å². The van der Waals surface area contributed by atoms with Gasteiger partial charge >= 0.3 is 12.2 Å². The van der Waals surface area contributed by atoms with Gasteiger partial charge in [-0.2, -0.15) is 0 Å². The summed E-state index contributed by atoms with van der Waals surface area (Å²) in [5, 5.41) is 24.5. The molecule has 8 nitrogen and oxygen atoms in total. The second-order valence-electron chi connectivity index (χ2n) is 11.0. The van der Waals surface area contributed by atoms with E-state index < -0.39 is 17.4 Å². The number of amides is 1. The number of hydrogen-bond donors (Lipinski definition) is 3. The molecule has 3 N–H and O–H groups in total. The van der Waals surface area contributed by atoms with Gasteiger partial charge in [0.1, 0.15) is 5.60 Å². The Kier molecular flexibility index (Phi) is 8.25. The molecule has 206 valence electrons. The number of benzene rings is 2. The van der Waals surface area contributed by atoms with Crippen molar-refractivity contribution in [1.82, 2.24) is 9.88 Å². The van der Waals surface area contributed by atoms with Crippen molar-refractivity contribution in [3.05, 3.63) is 89.7 Å². The Hall–Kier alpha value is -3.91. The van der Waals surface area contributed by atoms with Crippen LogP contribution in [0.3, 0.4) is 0 Å². The van der Waals surface area contributed by atoms with Crippen LogP contribution < -0.4 is 0 Å². The number of pyridine rings is 1. The van der Waals surface area contributed by atoms with Crippen molar-refractivity contribution in [3.8, 4) is 11.1 Å². The van der Waals surface area contributed by atoms with Crippen molar-refractivity contribution in [2.45, 2.75) is 69.6 Å². The highest BCUT2D eigenvalue weighted by Gasteiger charge is 2.46. The lowest BCUT2D eigenvalue weighted by Crippen LogP contribution is -2.51. The van der Waals surface area contributed by atoms with E-state index in [0.29, 0.717) is 25.3 Å². The van der Waals surface area contributed by atoms with E-state index >= 15 is 0 Å². The predicted octanol–water partition coefficient (Wildman–Crippen LogP) is 6.81. The van der Waals surface area contributed by atoms with E-state index in [4.69, 9.17) is 19.7 Å². The molecule has 1 aliphatic carbocycles. The molecule has 8 heteroatoms. The molecule has 2 aromatic carbocycles. The largest absolute Gasteiger partial charge is 0.503 e. The summed E-state index contributed by atoms with van der Waals surface area (Å²) in [5.41, 5.74) is 3.71. The summed E-state index contributed by atoms with van der Waals surface area (Å²) < 4.78 is 6.15. The van der Waals surface area contributed by atoms with Gasteiger partial charge in [0.15, 0.2) is 0 Å². The number of aliphatic hydroxyl groups is 1. The number of carbonyl (C=O) groups excluding carboxylic acids is 1. The van der Waals surface area contributed by atoms with Crippen LogP contribution in [0.5, 0.6) is 0 Å². The van der Waals surface area contributed by atoms with Crippen molar-refractivity contribution in [3.63, 3.8) is 0 Å². The summed E-state index contributed by atoms with van der Waals surface area (Å²) in [6, 6.07) is 22.4. The van der Waals surface area contributed by atoms with Crippen LogP contribution in [0.2, 0.25) is 0 Å². The average molecular weight is 533 g/mol. The van der Waals surface area contributed by atoms with Gasteiger partial charge in [-0.05, 0) is 68.0 Å². The van der Waals surface area contributed by atoms with Crippen LogP contribution in [-0.2, 0) is 10.3 Å². The third kappa shape index (κ3) is 7.15. The first-order valence-corrected chi connectivity index (χ1v) is 13.2. The maximum absolute atomic E-state index is 13.3. The highest BCUT2D eigenvalue weighted by atomic mass is 16.6. The molecule has 39 heavy (non-hydrogen) atoms. The zero-order valence-electron chi connectivity index (χ0n) is 22.6. The molecule has 1 amide bonds. The number of ether oxygens (including phenoxy) is 1. The quantitative estimate of drug-likeness (QED) is 0.306. The topological polar surface area (TPSA) is 120 Å². The van der Waals surface area contributed by atoms with Gasteiger partial charge in [-0.15, -0.1) is 0 Å². The lowest BCUT2D eigenvalue weighted by atomic mass is 9.80. The van der Waals surface area contributed by atoms with Crippen LogP contribution >= 0.6 is 0 Å². The Labute approximate surface area is 228 Å². The fourth-order valence-corrected chi connectivity index (χ4v) is 5.26. The summed E-state index contributed by atoms with van der Waals surface area (Å²) in [4.78, 5) is 28.2. The van der Waals surface area contributed by atoms with Crippen LogP contribution in [0.1, 0.15) is 75.2 Å². The molecule has 5 rings (SSSR count). The highest BCUT2D eigenvalue weighted by Crippen LogP contribution is 2.43. The number of rotatable bonds is 7. The van der Waals surface area contributed by atoms with Gasteiger partial charge < -0.3 is 25.0 Å². The molecule has 2 fully saturated rings. The Bertz CT molecular complexity index is 1280. The molecule has 0 radical (unpaired) electrons. The summed E-state index contributed by atoms with van der Waals surface area (Å²) in [7, 11) is 0. The molecule has 0 unspecified atom stereocenters. The maximum Gasteiger partial charge on any atom is 0.503 e. The maximum atomic E-state index is 13.3. The number of nitrogens with zero attached hydrogens (tertiary/aromatic N) is 2. The van der Waals surface area contributed by atoms with Gasteiger partial charge in [0, 0.05) is 37.2 Å². The monoisotopic (exact) mass is 532 g/mol. The van der Waals surface area contributed by atoms with Crippen molar-refractivity contribution < 1.29 is 29.6 Å². The van der Waals surface area contributed by atoms with Gasteiger partial charge in [-0.1, -0.05) is 54.6 Å². The number of cyclic esters (lactones) is 1. The molecular weight excluding hydrogens is 496 g/mol. The molecule has 1 saturated carbocycles. The van der Waals surface area contributed by atoms with Gasteiger partial charge in [0.25, 0.3) is 0 Å². The third-order valence-corrected chi connectivity index (χ3v) is 7.26. The van der Waals surface area contributed by atoms with E-state index in [2.05, 4.69) is 41.4 Å². The second-order valence-corrected chi connectivity index (χ2v) is 11.0. The van der Waals surface area contributed by atoms with E-state index in [1.54, 1.807) is 18.7 Å². The van der Waals surface area contributed by atoms with Crippen molar-refractivity contribution in [1.29, 1.82) is 0 Å². The van der Waals surface area contributed by atoms with Crippen LogP contribution in [0.25, 0.3) is 11.1 Å². The lowest BCUT2D eigenvalue weighted by Gasteiger charge is -2.45. The Morgan fingerprint density at radius 1 is 1.08 bits per heavy atom. The zero-order chi connectivity index (χ0) is 28.2. The SMILES string of the molecule is C[C@@H](c1ccc(-c2ccnc(C3CC3)c2)cc1)N1CC[C@](CC(C)(C)O)(c2ccccc2)OC1=O.O=C(O)O. The molecule has 2 atom stereocenters. The van der Waals surface area contributed by atoms with Gasteiger partial charge in [0.2, 0.25) is 0 Å². The van der Waals surface area contributed by atoms with E-state index in [1.165, 1.54) is 24.1 Å². The fourth-order valence-electron chi connectivity index (χ4n) is 5.26. The first kappa shape index (κ1) is 28.1. The van der Waals surface area contributed by atoms with Gasteiger partial charge in [-0.3, -0.25) is 4.98 Å². The van der Waals surface area contributed by atoms with E-state index in [9.17, 15) is 9.90 Å². The molecule has 2 aliphatic rings. The lowest BCUT2D eigenvalue weighted by molar-refractivity contribution is -0.101. The minimum atomic E-state index is -1.83. The first-order chi connectivity index (χ1) is 18.5. The van der Waals surface area contributed by atoms with Crippen LogP contribution in [0, 0.1) is 0 Å². The van der Waals surface area contributed by atoms with Gasteiger partial charge in [0.05, 0.1) is 11.6 Å². The van der Waals surface area contributed by atoms with Crippen LogP contribution in [-0.4, -0.2) is 49.6 Å². The molecular formula is C31H36N2O6. The summed E-state index contributed by atoms with van der Waals surface area (Å²) in [5.74, 6) is 0.624. The number of carbonyl (C=O) groups is 2. The predicted molar refractivity (Wildman–Crippen MR) is 148 cm³/mol. The van der Waals surface area contributed by atoms with E-state index in [1.807, 2.05) is 43.5 Å². The Morgan fingerprint density at radius 2 is 1.72 bits per heavy atom. The Morgan fingerprint density at radius 3 is 2.28 bits per heavy atom. The molecule has 3 aromatic rings. The minimum Gasteiger partial charge on any atom is -0.450 e. The number of carboxylic acid groups (broad SMARTS) is 2. The smallest absolute Gasteiger partial charge is 0.450 e. The summed E-state index contributed by atoms with van der Waals surface area (Å²) >= 11 is 0. The Balaban J connectivity index is 0.000000826. The van der Waals surface area contributed by atoms with Gasteiger partial charge in [-0.25, -0.2) is 9.59 Å². The zero-order valence-corrected chi connectivity index (χ0v) is 22.6.